The Bertz CT molecular complexity index is 1870. The van der Waals surface area contributed by atoms with Crippen LogP contribution in [0, 0.1) is 11.3 Å². The van der Waals surface area contributed by atoms with E-state index in [-0.39, 0.29) is 34.4 Å². The Hall–Kier alpha value is -5.82. The van der Waals surface area contributed by atoms with Crippen LogP contribution < -0.4 is 5.32 Å². The standard InChI is InChI=1S/C28H17N7O3/c29-15-18-16-30-35(28-32-22-12-6-7-13-23(22)38-28)26(18)34-33-24-20-11-5-4-8-17(20)14-21(25(24)36)27(37)31-19-9-2-1-3-10-19/h1-14,16,36H,(H,31,37). The van der Waals surface area contributed by atoms with Crippen LogP contribution in [-0.2, 0) is 0 Å². The molecule has 0 unspecified atom stereocenters. The third-order valence-corrected chi connectivity index (χ3v) is 5.84. The molecule has 10 nitrogen and oxygen atoms in total. The van der Waals surface area contributed by atoms with E-state index in [4.69, 9.17) is 4.42 Å². The minimum absolute atomic E-state index is 0.0227. The lowest BCUT2D eigenvalue weighted by Crippen LogP contribution is -2.12. The molecule has 0 saturated heterocycles. The zero-order chi connectivity index (χ0) is 26.1. The number of carbonyl (C=O) groups is 1. The number of fused-ring (bicyclic) bond motifs is 2. The summed E-state index contributed by atoms with van der Waals surface area (Å²) in [5.41, 5.74) is 1.94. The molecule has 6 rings (SSSR count). The Balaban J connectivity index is 1.45. The molecule has 0 saturated carbocycles. The van der Waals surface area contributed by atoms with E-state index in [1.807, 2.05) is 30.3 Å². The number of oxazole rings is 1. The van der Waals surface area contributed by atoms with E-state index >= 15 is 0 Å². The number of azo groups is 1. The highest BCUT2D eigenvalue weighted by molar-refractivity contribution is 6.11. The number of benzene rings is 4. The number of nitrogens with zero attached hydrogens (tertiary/aromatic N) is 6. The summed E-state index contributed by atoms with van der Waals surface area (Å²) >= 11 is 0. The van der Waals surface area contributed by atoms with E-state index in [0.717, 1.165) is 0 Å². The normalized spacial score (nSPS) is 11.2. The SMILES string of the molecule is N#Cc1cnn(-c2nc3ccccc3o2)c1N=Nc1c(O)c(C(=O)Nc2ccccc2)cc2ccccc12. The van der Waals surface area contributed by atoms with Crippen LogP contribution in [0.15, 0.2) is 106 Å². The molecule has 2 aromatic heterocycles. The van der Waals surface area contributed by atoms with Crippen molar-refractivity contribution in [1.82, 2.24) is 14.8 Å². The predicted molar refractivity (Wildman–Crippen MR) is 140 cm³/mol. The highest BCUT2D eigenvalue weighted by Crippen LogP contribution is 2.40. The zero-order valence-electron chi connectivity index (χ0n) is 19.6. The van der Waals surface area contributed by atoms with Crippen LogP contribution in [-0.4, -0.2) is 25.8 Å². The molecule has 2 N–H and O–H groups in total. The van der Waals surface area contributed by atoms with Gasteiger partial charge in [0, 0.05) is 11.1 Å². The molecule has 0 bridgehead atoms. The number of aromatic hydroxyl groups is 1. The van der Waals surface area contributed by atoms with Gasteiger partial charge < -0.3 is 14.8 Å². The molecule has 0 radical (unpaired) electrons. The number of nitriles is 1. The lowest BCUT2D eigenvalue weighted by atomic mass is 10.0. The second-order valence-electron chi connectivity index (χ2n) is 8.23. The van der Waals surface area contributed by atoms with Gasteiger partial charge in [-0.2, -0.15) is 20.0 Å². The first kappa shape index (κ1) is 22.6. The van der Waals surface area contributed by atoms with Crippen LogP contribution in [0.4, 0.5) is 17.2 Å². The minimum Gasteiger partial charge on any atom is -0.505 e. The quantitative estimate of drug-likeness (QED) is 0.262. The van der Waals surface area contributed by atoms with Crippen LogP contribution in [0.3, 0.4) is 0 Å². The van der Waals surface area contributed by atoms with E-state index in [1.54, 1.807) is 60.7 Å². The van der Waals surface area contributed by atoms with Gasteiger partial charge in [-0.3, -0.25) is 4.79 Å². The minimum atomic E-state index is -0.509. The van der Waals surface area contributed by atoms with Gasteiger partial charge in [-0.05, 0) is 35.7 Å². The van der Waals surface area contributed by atoms with Crippen molar-refractivity contribution in [3.05, 3.63) is 102 Å². The van der Waals surface area contributed by atoms with Crippen molar-refractivity contribution in [2.45, 2.75) is 0 Å². The van der Waals surface area contributed by atoms with Crippen molar-refractivity contribution in [2.75, 3.05) is 5.32 Å². The number of phenolic OH excluding ortho intramolecular Hbond substituents is 1. The summed E-state index contributed by atoms with van der Waals surface area (Å²) in [6.07, 6.45) is 1.32. The van der Waals surface area contributed by atoms with E-state index in [0.29, 0.717) is 27.6 Å². The number of hydrogen-bond donors (Lipinski definition) is 2. The average molecular weight is 499 g/mol. The van der Waals surface area contributed by atoms with Crippen molar-refractivity contribution < 1.29 is 14.3 Å². The molecule has 0 aliphatic rings. The lowest BCUT2D eigenvalue weighted by molar-refractivity contribution is 0.102. The number of para-hydroxylation sites is 3. The summed E-state index contributed by atoms with van der Waals surface area (Å²) < 4.78 is 7.04. The lowest BCUT2D eigenvalue weighted by Gasteiger charge is -2.11. The van der Waals surface area contributed by atoms with Crippen LogP contribution in [0.2, 0.25) is 0 Å². The van der Waals surface area contributed by atoms with Gasteiger partial charge in [0.15, 0.2) is 11.3 Å². The molecule has 10 heteroatoms. The Morgan fingerprint density at radius 3 is 2.58 bits per heavy atom. The topological polar surface area (TPSA) is 142 Å². The predicted octanol–water partition coefficient (Wildman–Crippen LogP) is 6.41. The van der Waals surface area contributed by atoms with E-state index < -0.39 is 5.91 Å². The van der Waals surface area contributed by atoms with Crippen molar-refractivity contribution in [3.8, 4) is 17.8 Å². The second kappa shape index (κ2) is 9.33. The van der Waals surface area contributed by atoms with E-state index in [1.165, 1.54) is 10.9 Å². The highest BCUT2D eigenvalue weighted by atomic mass is 16.4. The van der Waals surface area contributed by atoms with Gasteiger partial charge >= 0.3 is 6.01 Å². The van der Waals surface area contributed by atoms with Gasteiger partial charge in [-0.25, -0.2) is 0 Å². The fraction of sp³-hybridized carbons (Fsp3) is 0. The summed E-state index contributed by atoms with van der Waals surface area (Å²) in [5, 5.41) is 37.5. The average Bonchev–Trinajstić information content (AvgIpc) is 3.56. The molecular formula is C28H17N7O3. The van der Waals surface area contributed by atoms with Gasteiger partial charge in [0.1, 0.15) is 22.8 Å². The zero-order valence-corrected chi connectivity index (χ0v) is 19.6. The van der Waals surface area contributed by atoms with Gasteiger partial charge in [0.2, 0.25) is 5.82 Å². The summed E-state index contributed by atoms with van der Waals surface area (Å²) in [6, 6.07) is 27.0. The molecule has 6 aromatic rings. The second-order valence-corrected chi connectivity index (χ2v) is 8.23. The summed E-state index contributed by atoms with van der Waals surface area (Å²) in [6.45, 7) is 0. The van der Waals surface area contributed by atoms with Crippen LogP contribution >= 0.6 is 0 Å². The number of rotatable bonds is 5. The van der Waals surface area contributed by atoms with Crippen molar-refractivity contribution in [1.29, 1.82) is 5.26 Å². The third kappa shape index (κ3) is 4.00. The van der Waals surface area contributed by atoms with Gasteiger partial charge in [-0.1, -0.05) is 54.6 Å². The van der Waals surface area contributed by atoms with Crippen molar-refractivity contribution in [3.63, 3.8) is 0 Å². The monoisotopic (exact) mass is 499 g/mol. The Morgan fingerprint density at radius 2 is 1.76 bits per heavy atom. The van der Waals surface area contributed by atoms with Crippen LogP contribution in [0.5, 0.6) is 5.75 Å². The first-order valence-corrected chi connectivity index (χ1v) is 11.5. The maximum atomic E-state index is 13.1. The maximum Gasteiger partial charge on any atom is 0.325 e. The molecule has 4 aromatic carbocycles. The molecule has 38 heavy (non-hydrogen) atoms. The maximum absolute atomic E-state index is 13.1. The largest absolute Gasteiger partial charge is 0.505 e. The van der Waals surface area contributed by atoms with E-state index in [2.05, 4.69) is 25.6 Å². The van der Waals surface area contributed by atoms with Crippen molar-refractivity contribution >= 4 is 45.0 Å². The first-order valence-electron chi connectivity index (χ1n) is 11.5. The Kier molecular flexibility index (Phi) is 5.56. The van der Waals surface area contributed by atoms with E-state index in [9.17, 15) is 15.2 Å². The smallest absolute Gasteiger partial charge is 0.325 e. The third-order valence-electron chi connectivity index (χ3n) is 5.84. The fourth-order valence-corrected chi connectivity index (χ4v) is 4.02. The molecule has 2 heterocycles. The molecular weight excluding hydrogens is 482 g/mol. The Labute approximate surface area is 215 Å². The number of nitrogens with one attached hydrogen (secondary N) is 1. The number of amides is 1. The molecule has 0 atom stereocenters. The first-order chi connectivity index (χ1) is 18.6. The molecule has 1 amide bonds. The van der Waals surface area contributed by atoms with Gasteiger partial charge in [0.25, 0.3) is 5.91 Å². The van der Waals surface area contributed by atoms with Gasteiger partial charge in [0.05, 0.1) is 11.8 Å². The summed E-state index contributed by atoms with van der Waals surface area (Å²) in [7, 11) is 0. The van der Waals surface area contributed by atoms with Crippen molar-refractivity contribution in [2.24, 2.45) is 10.2 Å². The summed E-state index contributed by atoms with van der Waals surface area (Å²) in [4.78, 5) is 17.5. The van der Waals surface area contributed by atoms with Crippen LogP contribution in [0.25, 0.3) is 27.9 Å². The highest BCUT2D eigenvalue weighted by Gasteiger charge is 2.20. The molecule has 182 valence electrons. The fourth-order valence-electron chi connectivity index (χ4n) is 4.02. The molecule has 0 spiro atoms. The number of hydrogen-bond acceptors (Lipinski definition) is 8. The number of phenols is 1. The summed E-state index contributed by atoms with van der Waals surface area (Å²) in [5.74, 6) is -0.806. The number of anilines is 1. The van der Waals surface area contributed by atoms with Gasteiger partial charge in [-0.15, -0.1) is 10.2 Å². The van der Waals surface area contributed by atoms with Crippen LogP contribution in [0.1, 0.15) is 15.9 Å². The Morgan fingerprint density at radius 1 is 1.00 bits per heavy atom. The molecule has 0 aliphatic carbocycles. The molecule has 0 fully saturated rings. The molecule has 0 aliphatic heterocycles. The number of aromatic nitrogens is 3. The number of carbonyl (C=O) groups excluding carboxylic acids is 1.